The van der Waals surface area contributed by atoms with Gasteiger partial charge in [0.05, 0.1) is 18.9 Å². The van der Waals surface area contributed by atoms with Gasteiger partial charge in [0.2, 0.25) is 0 Å². The molecule has 4 N–H and O–H groups in total. The lowest BCUT2D eigenvalue weighted by molar-refractivity contribution is -0.287. The van der Waals surface area contributed by atoms with Crippen molar-refractivity contribution in [1.29, 1.82) is 0 Å². The van der Waals surface area contributed by atoms with E-state index in [-0.39, 0.29) is 18.9 Å². The van der Waals surface area contributed by atoms with Crippen LogP contribution < -0.4 is 0 Å². The maximum atomic E-state index is 11.5. The van der Waals surface area contributed by atoms with Crippen LogP contribution in [0.4, 0.5) is 0 Å². The summed E-state index contributed by atoms with van der Waals surface area (Å²) in [6.07, 6.45) is -8.28. The Morgan fingerprint density at radius 2 is 1.59 bits per heavy atom. The molecule has 0 aromatic heterocycles. The summed E-state index contributed by atoms with van der Waals surface area (Å²) in [5, 5.41) is 37.7. The lowest BCUT2D eigenvalue weighted by Crippen LogP contribution is -2.58. The molecule has 0 aromatic carbocycles. The van der Waals surface area contributed by atoms with Gasteiger partial charge in [-0.05, 0) is 13.8 Å². The van der Waals surface area contributed by atoms with Gasteiger partial charge in [-0.3, -0.25) is 9.59 Å². The molecule has 128 valence electrons. The molecule has 9 nitrogen and oxygen atoms in total. The second-order valence-electron chi connectivity index (χ2n) is 5.26. The van der Waals surface area contributed by atoms with Crippen LogP contribution in [0.5, 0.6) is 0 Å². The monoisotopic (exact) mass is 322 g/mol. The first kappa shape index (κ1) is 18.8. The van der Waals surface area contributed by atoms with E-state index in [1.807, 2.05) is 0 Å². The molecule has 1 heterocycles. The quantitative estimate of drug-likeness (QED) is 0.411. The molecule has 1 fully saturated rings. The van der Waals surface area contributed by atoms with Crippen LogP contribution in [0.3, 0.4) is 0 Å². The molecule has 0 unspecified atom stereocenters. The summed E-state index contributed by atoms with van der Waals surface area (Å²) in [4.78, 5) is 22.7. The van der Waals surface area contributed by atoms with E-state index in [9.17, 15) is 30.0 Å². The molecule has 5 atom stereocenters. The standard InChI is InChI=1S/C13H22O9/c1-6(2)21-9(15)4-3-8(14)20-5-7-10(16)11(17)12(18)13(19)22-7/h6-7,10-13,16-19H,3-5H2,1-2H3/t7-,10+,11+,12-,13+/m1/s1. The summed E-state index contributed by atoms with van der Waals surface area (Å²) in [5.74, 6) is -1.25. The predicted octanol–water partition coefficient (Wildman–Crippen LogP) is -1.94. The zero-order valence-corrected chi connectivity index (χ0v) is 12.4. The van der Waals surface area contributed by atoms with E-state index >= 15 is 0 Å². The van der Waals surface area contributed by atoms with Crippen molar-refractivity contribution in [2.24, 2.45) is 0 Å². The third kappa shape index (κ3) is 5.50. The van der Waals surface area contributed by atoms with Crippen molar-refractivity contribution in [3.63, 3.8) is 0 Å². The summed E-state index contributed by atoms with van der Waals surface area (Å²) in [6, 6.07) is 0. The number of rotatable bonds is 6. The fraction of sp³-hybridized carbons (Fsp3) is 0.846. The van der Waals surface area contributed by atoms with E-state index in [0.717, 1.165) is 0 Å². The Hall–Kier alpha value is -1.26. The normalized spacial score (nSPS) is 31.9. The van der Waals surface area contributed by atoms with Gasteiger partial charge in [0.15, 0.2) is 6.29 Å². The van der Waals surface area contributed by atoms with E-state index in [1.165, 1.54) is 0 Å². The molecule has 22 heavy (non-hydrogen) atoms. The van der Waals surface area contributed by atoms with Crippen LogP contribution in [-0.2, 0) is 23.8 Å². The van der Waals surface area contributed by atoms with Crippen LogP contribution >= 0.6 is 0 Å². The zero-order valence-electron chi connectivity index (χ0n) is 12.4. The van der Waals surface area contributed by atoms with Crippen LogP contribution in [0.1, 0.15) is 26.7 Å². The highest BCUT2D eigenvalue weighted by Gasteiger charge is 2.43. The third-order valence-corrected chi connectivity index (χ3v) is 3.00. The minimum Gasteiger partial charge on any atom is -0.463 e. The SMILES string of the molecule is CC(C)OC(=O)CCC(=O)OC[C@H]1O[C@H](O)[C@H](O)[C@@H](O)[C@H]1O. The smallest absolute Gasteiger partial charge is 0.306 e. The number of hydrogen-bond donors (Lipinski definition) is 4. The van der Waals surface area contributed by atoms with Gasteiger partial charge in [-0.1, -0.05) is 0 Å². The van der Waals surface area contributed by atoms with E-state index in [1.54, 1.807) is 13.8 Å². The molecule has 1 saturated heterocycles. The molecule has 0 aliphatic carbocycles. The molecule has 0 amide bonds. The Kier molecular flexibility index (Phi) is 7.17. The number of aliphatic hydroxyl groups is 4. The van der Waals surface area contributed by atoms with E-state index in [0.29, 0.717) is 0 Å². The van der Waals surface area contributed by atoms with Gasteiger partial charge in [0, 0.05) is 0 Å². The maximum Gasteiger partial charge on any atom is 0.306 e. The van der Waals surface area contributed by atoms with Gasteiger partial charge in [0.25, 0.3) is 0 Å². The van der Waals surface area contributed by atoms with Crippen molar-refractivity contribution < 1.29 is 44.2 Å². The Bertz CT molecular complexity index is 384. The molecule has 1 aliphatic heterocycles. The Morgan fingerprint density at radius 3 is 2.18 bits per heavy atom. The van der Waals surface area contributed by atoms with Gasteiger partial charge in [-0.15, -0.1) is 0 Å². The minimum absolute atomic E-state index is 0.144. The fourth-order valence-electron chi connectivity index (χ4n) is 1.84. The van der Waals surface area contributed by atoms with Gasteiger partial charge in [0.1, 0.15) is 31.0 Å². The molecule has 0 radical (unpaired) electrons. The topological polar surface area (TPSA) is 143 Å². The van der Waals surface area contributed by atoms with E-state index in [4.69, 9.17) is 14.2 Å². The van der Waals surface area contributed by atoms with Crippen LogP contribution in [0.15, 0.2) is 0 Å². The summed E-state index contributed by atoms with van der Waals surface area (Å²) in [6.45, 7) is 2.94. The highest BCUT2D eigenvalue weighted by atomic mass is 16.6. The first-order chi connectivity index (χ1) is 10.2. The number of esters is 2. The largest absolute Gasteiger partial charge is 0.463 e. The molecular weight excluding hydrogens is 300 g/mol. The lowest BCUT2D eigenvalue weighted by atomic mass is 9.99. The van der Waals surface area contributed by atoms with Crippen LogP contribution in [0.25, 0.3) is 0 Å². The molecule has 0 spiro atoms. The predicted molar refractivity (Wildman–Crippen MR) is 70.3 cm³/mol. The molecule has 0 saturated carbocycles. The fourth-order valence-corrected chi connectivity index (χ4v) is 1.84. The third-order valence-electron chi connectivity index (χ3n) is 3.00. The van der Waals surface area contributed by atoms with Crippen LogP contribution in [-0.4, -0.2) is 75.8 Å². The van der Waals surface area contributed by atoms with E-state index < -0.39 is 49.3 Å². The van der Waals surface area contributed by atoms with Crippen molar-refractivity contribution >= 4 is 11.9 Å². The summed E-state index contributed by atoms with van der Waals surface area (Å²) in [5.41, 5.74) is 0. The van der Waals surface area contributed by atoms with Crippen molar-refractivity contribution in [3.8, 4) is 0 Å². The summed E-state index contributed by atoms with van der Waals surface area (Å²) in [7, 11) is 0. The number of hydrogen-bond acceptors (Lipinski definition) is 9. The first-order valence-electron chi connectivity index (χ1n) is 6.95. The maximum absolute atomic E-state index is 11.5. The molecule has 0 bridgehead atoms. The second kappa shape index (κ2) is 8.39. The Morgan fingerprint density at radius 1 is 1.00 bits per heavy atom. The molecule has 1 rings (SSSR count). The van der Waals surface area contributed by atoms with Crippen molar-refractivity contribution in [3.05, 3.63) is 0 Å². The number of aliphatic hydroxyl groups excluding tert-OH is 4. The highest BCUT2D eigenvalue weighted by molar-refractivity contribution is 5.77. The Balaban J connectivity index is 2.33. The molecular formula is C13H22O9. The number of carbonyl (C=O) groups is 2. The van der Waals surface area contributed by atoms with Crippen LogP contribution in [0, 0.1) is 0 Å². The minimum atomic E-state index is -1.69. The van der Waals surface area contributed by atoms with Gasteiger partial charge >= 0.3 is 11.9 Å². The average molecular weight is 322 g/mol. The second-order valence-corrected chi connectivity index (χ2v) is 5.26. The molecule has 1 aliphatic rings. The summed E-state index contributed by atoms with van der Waals surface area (Å²) < 4.78 is 14.5. The Labute approximate surface area is 127 Å². The average Bonchev–Trinajstić information content (AvgIpc) is 2.44. The first-order valence-corrected chi connectivity index (χ1v) is 6.95. The van der Waals surface area contributed by atoms with Crippen molar-refractivity contribution in [2.45, 2.75) is 63.5 Å². The summed E-state index contributed by atoms with van der Waals surface area (Å²) >= 11 is 0. The van der Waals surface area contributed by atoms with Crippen molar-refractivity contribution in [1.82, 2.24) is 0 Å². The van der Waals surface area contributed by atoms with Gasteiger partial charge in [-0.25, -0.2) is 0 Å². The molecule has 9 heteroatoms. The molecule has 0 aromatic rings. The van der Waals surface area contributed by atoms with Crippen LogP contribution in [0.2, 0.25) is 0 Å². The highest BCUT2D eigenvalue weighted by Crippen LogP contribution is 2.20. The number of ether oxygens (including phenoxy) is 3. The van der Waals surface area contributed by atoms with E-state index in [2.05, 4.69) is 0 Å². The van der Waals surface area contributed by atoms with Crippen molar-refractivity contribution in [2.75, 3.05) is 6.61 Å². The zero-order chi connectivity index (χ0) is 16.9. The lowest BCUT2D eigenvalue weighted by Gasteiger charge is -2.37. The number of carbonyl (C=O) groups excluding carboxylic acids is 2. The van der Waals surface area contributed by atoms with Gasteiger partial charge < -0.3 is 34.6 Å². The van der Waals surface area contributed by atoms with Gasteiger partial charge in [-0.2, -0.15) is 0 Å².